The van der Waals surface area contributed by atoms with Crippen molar-refractivity contribution in [2.75, 3.05) is 11.1 Å². The van der Waals surface area contributed by atoms with Crippen LogP contribution in [0.4, 0.5) is 5.13 Å². The van der Waals surface area contributed by atoms with Gasteiger partial charge in [0.15, 0.2) is 10.3 Å². The standard InChI is InChI=1S/C31H23ClN4O2S3/c32-25-14-8-7-11-21(25)17-23-18-33-30(41-23)34-26(37)15-16-39-31-35-28-27(24(19-40-28)20-9-3-1-4-10-20)29(38)36(31)22-12-5-2-6-13-22/h1-14,18-19H,15-17H2,(H,33,34,37). The van der Waals surface area contributed by atoms with E-state index in [9.17, 15) is 9.59 Å². The van der Waals surface area contributed by atoms with Gasteiger partial charge in [-0.15, -0.1) is 22.7 Å². The van der Waals surface area contributed by atoms with Crippen LogP contribution in [0.5, 0.6) is 0 Å². The van der Waals surface area contributed by atoms with Crippen molar-refractivity contribution in [3.05, 3.63) is 122 Å². The summed E-state index contributed by atoms with van der Waals surface area (Å²) in [7, 11) is 0. The molecule has 0 saturated heterocycles. The summed E-state index contributed by atoms with van der Waals surface area (Å²) < 4.78 is 1.64. The molecule has 0 saturated carbocycles. The number of nitrogens with one attached hydrogen (secondary N) is 1. The Morgan fingerprint density at radius 1 is 0.976 bits per heavy atom. The van der Waals surface area contributed by atoms with Crippen LogP contribution in [0.3, 0.4) is 0 Å². The highest BCUT2D eigenvalue weighted by Crippen LogP contribution is 2.33. The van der Waals surface area contributed by atoms with Gasteiger partial charge < -0.3 is 5.32 Å². The van der Waals surface area contributed by atoms with Gasteiger partial charge in [0.2, 0.25) is 5.91 Å². The zero-order chi connectivity index (χ0) is 28.2. The van der Waals surface area contributed by atoms with Crippen molar-refractivity contribution in [2.45, 2.75) is 18.0 Å². The van der Waals surface area contributed by atoms with E-state index in [-0.39, 0.29) is 17.9 Å². The van der Waals surface area contributed by atoms with Crippen molar-refractivity contribution in [1.29, 1.82) is 0 Å². The van der Waals surface area contributed by atoms with E-state index in [2.05, 4.69) is 10.3 Å². The van der Waals surface area contributed by atoms with E-state index in [1.54, 1.807) is 10.8 Å². The van der Waals surface area contributed by atoms with Crippen LogP contribution < -0.4 is 10.9 Å². The predicted octanol–water partition coefficient (Wildman–Crippen LogP) is 7.94. The van der Waals surface area contributed by atoms with Crippen LogP contribution in [0, 0.1) is 0 Å². The lowest BCUT2D eigenvalue weighted by Crippen LogP contribution is -2.22. The number of anilines is 1. The summed E-state index contributed by atoms with van der Waals surface area (Å²) in [5, 5.41) is 7.30. The minimum atomic E-state index is -0.145. The molecule has 3 aromatic carbocycles. The summed E-state index contributed by atoms with van der Waals surface area (Å²) in [6.45, 7) is 0. The zero-order valence-corrected chi connectivity index (χ0v) is 24.8. The monoisotopic (exact) mass is 614 g/mol. The fraction of sp³-hybridized carbons (Fsp3) is 0.0968. The number of nitrogens with zero attached hydrogens (tertiary/aromatic N) is 3. The van der Waals surface area contributed by atoms with Gasteiger partial charge in [-0.25, -0.2) is 9.97 Å². The first-order chi connectivity index (χ1) is 20.1. The second kappa shape index (κ2) is 12.4. The van der Waals surface area contributed by atoms with E-state index in [1.807, 2.05) is 90.3 Å². The van der Waals surface area contributed by atoms with Gasteiger partial charge in [0.1, 0.15) is 4.83 Å². The first-order valence-corrected chi connectivity index (χ1v) is 15.9. The van der Waals surface area contributed by atoms with Crippen molar-refractivity contribution in [2.24, 2.45) is 0 Å². The van der Waals surface area contributed by atoms with Gasteiger partial charge in [-0.3, -0.25) is 14.2 Å². The Morgan fingerprint density at radius 3 is 2.49 bits per heavy atom. The highest BCUT2D eigenvalue weighted by atomic mass is 35.5. The molecule has 1 amide bonds. The maximum Gasteiger partial charge on any atom is 0.268 e. The maximum absolute atomic E-state index is 13.9. The molecule has 41 heavy (non-hydrogen) atoms. The third-order valence-corrected chi connectivity index (χ3v) is 9.45. The number of halogens is 1. The lowest BCUT2D eigenvalue weighted by Gasteiger charge is -2.12. The van der Waals surface area contributed by atoms with E-state index in [4.69, 9.17) is 16.6 Å². The van der Waals surface area contributed by atoms with Crippen LogP contribution in [0.2, 0.25) is 5.02 Å². The van der Waals surface area contributed by atoms with E-state index in [0.29, 0.717) is 37.7 Å². The Balaban J connectivity index is 1.19. The molecule has 204 valence electrons. The molecule has 6 aromatic rings. The van der Waals surface area contributed by atoms with E-state index < -0.39 is 0 Å². The van der Waals surface area contributed by atoms with Crippen LogP contribution in [0.25, 0.3) is 27.0 Å². The number of hydrogen-bond donors (Lipinski definition) is 1. The van der Waals surface area contributed by atoms with Crippen LogP contribution >= 0.6 is 46.0 Å². The number of fused-ring (bicyclic) bond motifs is 1. The number of carbonyl (C=O) groups is 1. The Morgan fingerprint density at radius 2 is 1.71 bits per heavy atom. The molecule has 0 spiro atoms. The molecule has 3 aromatic heterocycles. The van der Waals surface area contributed by atoms with Crippen molar-refractivity contribution in [1.82, 2.24) is 14.5 Å². The van der Waals surface area contributed by atoms with Gasteiger partial charge in [0.25, 0.3) is 5.56 Å². The Bertz CT molecular complexity index is 1880. The summed E-state index contributed by atoms with van der Waals surface area (Å²) in [6, 6.07) is 27.1. The van der Waals surface area contributed by atoms with Gasteiger partial charge in [0, 0.05) is 45.6 Å². The van der Waals surface area contributed by atoms with Gasteiger partial charge in [0.05, 0.1) is 11.1 Å². The van der Waals surface area contributed by atoms with Crippen LogP contribution in [0.1, 0.15) is 16.9 Å². The van der Waals surface area contributed by atoms with Gasteiger partial charge in [-0.2, -0.15) is 0 Å². The summed E-state index contributed by atoms with van der Waals surface area (Å²) >= 11 is 10.6. The Labute approximate surface area is 253 Å². The predicted molar refractivity (Wildman–Crippen MR) is 171 cm³/mol. The minimum absolute atomic E-state index is 0.123. The fourth-order valence-electron chi connectivity index (χ4n) is 4.40. The molecule has 0 aliphatic heterocycles. The highest BCUT2D eigenvalue weighted by molar-refractivity contribution is 7.99. The fourth-order valence-corrected chi connectivity index (χ4v) is 7.39. The second-order valence-electron chi connectivity index (χ2n) is 9.11. The molecule has 0 fully saturated rings. The normalized spacial score (nSPS) is 11.1. The molecule has 0 radical (unpaired) electrons. The first-order valence-electron chi connectivity index (χ1n) is 12.8. The number of thiophene rings is 1. The van der Waals surface area contributed by atoms with Crippen molar-refractivity contribution in [3.8, 4) is 16.8 Å². The molecule has 1 N–H and O–H groups in total. The molecule has 0 bridgehead atoms. The smallest absolute Gasteiger partial charge is 0.268 e. The zero-order valence-electron chi connectivity index (χ0n) is 21.6. The number of rotatable bonds is 9. The van der Waals surface area contributed by atoms with Gasteiger partial charge in [-0.05, 0) is 29.3 Å². The lowest BCUT2D eigenvalue weighted by molar-refractivity contribution is -0.115. The van der Waals surface area contributed by atoms with Crippen LogP contribution in [-0.2, 0) is 11.2 Å². The van der Waals surface area contributed by atoms with Crippen molar-refractivity contribution < 1.29 is 4.79 Å². The number of carbonyl (C=O) groups excluding carboxylic acids is 1. The Hall–Kier alpha value is -3.76. The SMILES string of the molecule is O=C(CCSc1nc2scc(-c3ccccc3)c2c(=O)n1-c1ccccc1)Nc1ncc(Cc2ccccc2Cl)s1. The minimum Gasteiger partial charge on any atom is -0.302 e. The number of para-hydroxylation sites is 1. The average Bonchev–Trinajstić information content (AvgIpc) is 3.62. The molecular weight excluding hydrogens is 592 g/mol. The molecular formula is C31H23ClN4O2S3. The third kappa shape index (κ3) is 6.13. The summed E-state index contributed by atoms with van der Waals surface area (Å²) in [4.78, 5) is 37.6. The van der Waals surface area contributed by atoms with Crippen molar-refractivity contribution in [3.63, 3.8) is 0 Å². The van der Waals surface area contributed by atoms with E-state index >= 15 is 0 Å². The number of aromatic nitrogens is 3. The third-order valence-electron chi connectivity index (χ3n) is 6.36. The number of thioether (sulfide) groups is 1. The highest BCUT2D eigenvalue weighted by Gasteiger charge is 2.19. The van der Waals surface area contributed by atoms with E-state index in [1.165, 1.54) is 34.4 Å². The molecule has 0 unspecified atom stereocenters. The summed E-state index contributed by atoms with van der Waals surface area (Å²) in [5.74, 6) is 0.305. The number of thiazole rings is 1. The van der Waals surface area contributed by atoms with Gasteiger partial charge in [-0.1, -0.05) is 90.1 Å². The number of amides is 1. The molecule has 0 atom stereocenters. The van der Waals surface area contributed by atoms with Crippen molar-refractivity contribution >= 4 is 67.3 Å². The molecule has 3 heterocycles. The maximum atomic E-state index is 13.9. The summed E-state index contributed by atoms with van der Waals surface area (Å²) in [6.07, 6.45) is 2.66. The molecule has 6 nitrogen and oxygen atoms in total. The largest absolute Gasteiger partial charge is 0.302 e. The van der Waals surface area contributed by atoms with E-state index in [0.717, 1.165) is 27.3 Å². The average molecular weight is 615 g/mol. The first kappa shape index (κ1) is 27.4. The number of hydrogen-bond acceptors (Lipinski definition) is 7. The van der Waals surface area contributed by atoms with Gasteiger partial charge >= 0.3 is 0 Å². The second-order valence-corrected chi connectivity index (χ2v) is 12.6. The quantitative estimate of drug-likeness (QED) is 0.132. The lowest BCUT2D eigenvalue weighted by atomic mass is 10.1. The summed E-state index contributed by atoms with van der Waals surface area (Å²) in [5.41, 5.74) is 3.48. The molecule has 0 aliphatic rings. The molecule has 10 heteroatoms. The molecule has 6 rings (SSSR count). The van der Waals surface area contributed by atoms with Crippen LogP contribution in [-0.4, -0.2) is 26.2 Å². The van der Waals surface area contributed by atoms with Crippen LogP contribution in [0.15, 0.2) is 106 Å². The topological polar surface area (TPSA) is 76.9 Å². The Kier molecular flexibility index (Phi) is 8.29. The number of benzene rings is 3. The molecule has 0 aliphatic carbocycles.